The molecule has 2 aromatic rings. The molecule has 2 aromatic carbocycles. The summed E-state index contributed by atoms with van der Waals surface area (Å²) < 4.78 is 6.03. The van der Waals surface area contributed by atoms with Crippen molar-refractivity contribution >= 4 is 5.97 Å². The van der Waals surface area contributed by atoms with Crippen LogP contribution in [0.5, 0.6) is 0 Å². The molecule has 1 unspecified atom stereocenters. The van der Waals surface area contributed by atoms with Gasteiger partial charge < -0.3 is 4.74 Å². The molecule has 0 amide bonds. The smallest absolute Gasteiger partial charge is 0.340 e. The summed E-state index contributed by atoms with van der Waals surface area (Å²) >= 11 is 0. The summed E-state index contributed by atoms with van der Waals surface area (Å²) in [6, 6.07) is 16.1. The number of rotatable bonds is 2. The quantitative estimate of drug-likeness (QED) is 0.555. The molecule has 0 spiro atoms. The molecule has 122 valence electrons. The summed E-state index contributed by atoms with van der Waals surface area (Å²) in [6.07, 6.45) is 8.18. The average Bonchev–Trinajstić information content (AvgIpc) is 2.90. The minimum absolute atomic E-state index is 0.223. The zero-order valence-corrected chi connectivity index (χ0v) is 14.0. The Bertz CT molecular complexity index is 793. The highest BCUT2D eigenvalue weighted by Crippen LogP contribution is 2.45. The molecular formula is C22H22O2. The number of cyclic esters (lactones) is 1. The van der Waals surface area contributed by atoms with E-state index in [9.17, 15) is 4.79 Å². The van der Waals surface area contributed by atoms with E-state index in [1.165, 1.54) is 30.4 Å². The van der Waals surface area contributed by atoms with Crippen molar-refractivity contribution in [2.75, 3.05) is 0 Å². The van der Waals surface area contributed by atoms with Crippen molar-refractivity contribution < 1.29 is 9.53 Å². The van der Waals surface area contributed by atoms with Crippen LogP contribution in [0.1, 0.15) is 59.2 Å². The number of fused-ring (bicyclic) bond motifs is 1. The van der Waals surface area contributed by atoms with E-state index in [0.29, 0.717) is 5.56 Å². The lowest BCUT2D eigenvalue weighted by molar-refractivity contribution is 0.0271. The molecule has 0 bridgehead atoms. The number of aryl methyl sites for hydroxylation is 1. The fourth-order valence-electron chi connectivity index (χ4n) is 3.88. The van der Waals surface area contributed by atoms with Crippen LogP contribution >= 0.6 is 0 Å². The Morgan fingerprint density at radius 1 is 0.958 bits per heavy atom. The Morgan fingerprint density at radius 3 is 2.42 bits per heavy atom. The van der Waals surface area contributed by atoms with E-state index < -0.39 is 5.60 Å². The maximum Gasteiger partial charge on any atom is 0.340 e. The van der Waals surface area contributed by atoms with Gasteiger partial charge in [-0.3, -0.25) is 0 Å². The van der Waals surface area contributed by atoms with Crippen molar-refractivity contribution in [3.05, 3.63) is 82.4 Å². The normalized spacial score (nSPS) is 22.9. The van der Waals surface area contributed by atoms with E-state index in [0.717, 1.165) is 24.0 Å². The molecule has 2 heteroatoms. The van der Waals surface area contributed by atoms with E-state index >= 15 is 0 Å². The molecule has 0 saturated heterocycles. The molecule has 0 radical (unpaired) electrons. The van der Waals surface area contributed by atoms with Crippen molar-refractivity contribution in [2.45, 2.75) is 44.6 Å². The van der Waals surface area contributed by atoms with Gasteiger partial charge in [0.1, 0.15) is 0 Å². The van der Waals surface area contributed by atoms with Gasteiger partial charge in [-0.15, -0.1) is 0 Å². The lowest BCUT2D eigenvalue weighted by Gasteiger charge is -2.29. The molecule has 1 atom stereocenters. The van der Waals surface area contributed by atoms with Crippen LogP contribution in [0.25, 0.3) is 0 Å². The van der Waals surface area contributed by atoms with Crippen molar-refractivity contribution in [3.8, 4) is 0 Å². The second-order valence-electron chi connectivity index (χ2n) is 6.90. The summed E-state index contributed by atoms with van der Waals surface area (Å²) in [7, 11) is 0. The number of hydrogen-bond donors (Lipinski definition) is 0. The van der Waals surface area contributed by atoms with E-state index in [1.807, 2.05) is 24.3 Å². The number of benzene rings is 2. The van der Waals surface area contributed by atoms with Gasteiger partial charge in [-0.25, -0.2) is 4.79 Å². The van der Waals surface area contributed by atoms with Gasteiger partial charge in [0.15, 0.2) is 5.60 Å². The van der Waals surface area contributed by atoms with Crippen molar-refractivity contribution in [3.63, 3.8) is 0 Å². The molecule has 2 nitrogen and oxygen atoms in total. The maximum absolute atomic E-state index is 12.5. The van der Waals surface area contributed by atoms with Crippen LogP contribution in [0.2, 0.25) is 0 Å². The molecule has 2 aliphatic rings. The number of ether oxygens (including phenoxy) is 1. The Morgan fingerprint density at radius 2 is 1.67 bits per heavy atom. The number of esters is 1. The minimum atomic E-state index is -0.770. The molecule has 1 aliphatic heterocycles. The van der Waals surface area contributed by atoms with Gasteiger partial charge in [0, 0.05) is 11.1 Å². The fourth-order valence-corrected chi connectivity index (χ4v) is 3.88. The summed E-state index contributed by atoms with van der Waals surface area (Å²) in [4.78, 5) is 12.5. The number of carbonyl (C=O) groups is 1. The van der Waals surface area contributed by atoms with Gasteiger partial charge in [-0.05, 0) is 44.7 Å². The predicted octanol–water partition coefficient (Wildman–Crippen LogP) is 5.30. The second kappa shape index (κ2) is 5.94. The number of carbonyl (C=O) groups excluding carboxylic acids is 1. The summed E-state index contributed by atoms with van der Waals surface area (Å²) in [5, 5.41) is 0. The Balaban J connectivity index is 1.91. The predicted molar refractivity (Wildman–Crippen MR) is 95.0 cm³/mol. The van der Waals surface area contributed by atoms with Crippen molar-refractivity contribution in [1.29, 1.82) is 0 Å². The topological polar surface area (TPSA) is 26.3 Å². The number of hydrogen-bond acceptors (Lipinski definition) is 2. The Hall–Kier alpha value is -2.35. The third-order valence-corrected chi connectivity index (χ3v) is 5.18. The van der Waals surface area contributed by atoms with Gasteiger partial charge in [-0.2, -0.15) is 0 Å². The van der Waals surface area contributed by atoms with E-state index in [4.69, 9.17) is 4.74 Å². The van der Waals surface area contributed by atoms with Gasteiger partial charge in [0.25, 0.3) is 0 Å². The van der Waals surface area contributed by atoms with E-state index in [-0.39, 0.29) is 5.97 Å². The van der Waals surface area contributed by atoms with Gasteiger partial charge in [0.2, 0.25) is 0 Å². The standard InChI is InChI=1S/C22H22O2/c1-16-11-13-18(14-12-16)22(15-17-7-3-2-4-8-17)20-10-6-5-9-19(20)21(23)24-22/h5-6,9-15H,2-4,7-8H2,1H3. The van der Waals surface area contributed by atoms with Gasteiger partial charge in [-0.1, -0.05) is 60.0 Å². The third kappa shape index (κ3) is 2.47. The first-order valence-corrected chi connectivity index (χ1v) is 8.80. The maximum atomic E-state index is 12.5. The lowest BCUT2D eigenvalue weighted by atomic mass is 9.81. The van der Waals surface area contributed by atoms with Crippen LogP contribution in [0, 0.1) is 6.92 Å². The van der Waals surface area contributed by atoms with Crippen LogP contribution < -0.4 is 0 Å². The van der Waals surface area contributed by atoms with E-state index in [2.05, 4.69) is 37.3 Å². The highest BCUT2D eigenvalue weighted by atomic mass is 16.6. The van der Waals surface area contributed by atoms with Crippen molar-refractivity contribution in [2.24, 2.45) is 0 Å². The molecule has 24 heavy (non-hydrogen) atoms. The number of allylic oxidation sites excluding steroid dienone is 1. The van der Waals surface area contributed by atoms with Crippen LogP contribution in [0.4, 0.5) is 0 Å². The van der Waals surface area contributed by atoms with Crippen LogP contribution in [-0.2, 0) is 10.3 Å². The fraction of sp³-hybridized carbons (Fsp3) is 0.318. The highest BCUT2D eigenvalue weighted by Gasteiger charge is 2.45. The first-order valence-electron chi connectivity index (χ1n) is 8.80. The Labute approximate surface area is 143 Å². The van der Waals surface area contributed by atoms with Crippen molar-refractivity contribution in [1.82, 2.24) is 0 Å². The molecule has 1 heterocycles. The zero-order valence-electron chi connectivity index (χ0n) is 14.0. The highest BCUT2D eigenvalue weighted by molar-refractivity contribution is 5.96. The van der Waals surface area contributed by atoms with Crippen LogP contribution in [-0.4, -0.2) is 5.97 Å². The monoisotopic (exact) mass is 318 g/mol. The minimum Gasteiger partial charge on any atom is -0.441 e. The lowest BCUT2D eigenvalue weighted by Crippen LogP contribution is -2.26. The largest absolute Gasteiger partial charge is 0.441 e. The second-order valence-corrected chi connectivity index (χ2v) is 6.90. The molecule has 1 saturated carbocycles. The van der Waals surface area contributed by atoms with Crippen LogP contribution in [0.15, 0.2) is 60.2 Å². The van der Waals surface area contributed by atoms with Gasteiger partial charge in [0.05, 0.1) is 5.56 Å². The molecule has 0 aromatic heterocycles. The van der Waals surface area contributed by atoms with Crippen LogP contribution in [0.3, 0.4) is 0 Å². The molecule has 0 N–H and O–H groups in total. The zero-order chi connectivity index (χ0) is 16.6. The molecule has 4 rings (SSSR count). The summed E-state index contributed by atoms with van der Waals surface area (Å²) in [5.41, 5.74) is 4.53. The molecular weight excluding hydrogens is 296 g/mol. The molecule has 1 aliphatic carbocycles. The Kier molecular flexibility index (Phi) is 3.76. The van der Waals surface area contributed by atoms with Gasteiger partial charge >= 0.3 is 5.97 Å². The van der Waals surface area contributed by atoms with E-state index in [1.54, 1.807) is 0 Å². The average molecular weight is 318 g/mol. The third-order valence-electron chi connectivity index (χ3n) is 5.18. The first-order chi connectivity index (χ1) is 11.7. The first kappa shape index (κ1) is 15.2. The molecule has 1 fully saturated rings. The SMILES string of the molecule is Cc1ccc(C2(C=C3CCCCC3)OC(=O)c3ccccc32)cc1. The summed E-state index contributed by atoms with van der Waals surface area (Å²) in [5.74, 6) is -0.223. The summed E-state index contributed by atoms with van der Waals surface area (Å²) in [6.45, 7) is 2.07.